The summed E-state index contributed by atoms with van der Waals surface area (Å²) in [6.07, 6.45) is 11.0. The van der Waals surface area contributed by atoms with Gasteiger partial charge >= 0.3 is 0 Å². The van der Waals surface area contributed by atoms with E-state index in [-0.39, 0.29) is 5.91 Å². The van der Waals surface area contributed by atoms with Crippen LogP contribution in [0, 0.1) is 12.8 Å². The summed E-state index contributed by atoms with van der Waals surface area (Å²) in [4.78, 5) is 11.7. The number of carbonyl (C=O) groups excluding carboxylic acids is 1. The van der Waals surface area contributed by atoms with Crippen LogP contribution in [-0.4, -0.2) is 22.6 Å². The molecule has 1 aromatic heterocycles. The van der Waals surface area contributed by atoms with Crippen LogP contribution in [0.4, 0.5) is 0 Å². The van der Waals surface area contributed by atoms with Crippen LogP contribution in [0.2, 0.25) is 0 Å². The molecule has 0 bridgehead atoms. The Hall–Kier alpha value is -1.32. The first-order valence-electron chi connectivity index (χ1n) is 7.51. The van der Waals surface area contributed by atoms with Gasteiger partial charge in [0, 0.05) is 18.7 Å². The van der Waals surface area contributed by atoms with Gasteiger partial charge in [-0.2, -0.15) is 5.10 Å². The third-order valence-corrected chi connectivity index (χ3v) is 4.13. The molecule has 0 unspecified atom stereocenters. The number of rotatable bonds is 7. The van der Waals surface area contributed by atoms with Crippen molar-refractivity contribution in [3.63, 3.8) is 0 Å². The Morgan fingerprint density at radius 3 is 2.95 bits per heavy atom. The van der Waals surface area contributed by atoms with E-state index in [1.165, 1.54) is 31.2 Å². The van der Waals surface area contributed by atoms with E-state index in [0.717, 1.165) is 37.4 Å². The van der Waals surface area contributed by atoms with Crippen LogP contribution < -0.4 is 5.32 Å². The fourth-order valence-corrected chi connectivity index (χ4v) is 2.86. The summed E-state index contributed by atoms with van der Waals surface area (Å²) in [5, 5.41) is 9.95. The van der Waals surface area contributed by atoms with E-state index in [9.17, 15) is 4.79 Å². The van der Waals surface area contributed by atoms with Gasteiger partial charge in [-0.25, -0.2) is 0 Å². The van der Waals surface area contributed by atoms with Gasteiger partial charge in [-0.3, -0.25) is 9.89 Å². The molecule has 0 aliphatic heterocycles. The Morgan fingerprint density at radius 1 is 1.47 bits per heavy atom. The molecule has 1 aliphatic rings. The lowest BCUT2D eigenvalue weighted by Gasteiger charge is -2.09. The number of nitrogens with zero attached hydrogens (tertiary/aromatic N) is 1. The molecular weight excluding hydrogens is 238 g/mol. The van der Waals surface area contributed by atoms with Crippen molar-refractivity contribution < 1.29 is 4.79 Å². The minimum Gasteiger partial charge on any atom is -0.356 e. The van der Waals surface area contributed by atoms with Crippen LogP contribution in [0.25, 0.3) is 0 Å². The molecule has 0 aromatic carbocycles. The Bertz CT molecular complexity index is 394. The predicted molar refractivity (Wildman–Crippen MR) is 75.8 cm³/mol. The van der Waals surface area contributed by atoms with Gasteiger partial charge in [0.2, 0.25) is 5.91 Å². The van der Waals surface area contributed by atoms with E-state index in [1.54, 1.807) is 0 Å². The molecule has 0 atom stereocenters. The van der Waals surface area contributed by atoms with Gasteiger partial charge in [0.15, 0.2) is 0 Å². The van der Waals surface area contributed by atoms with Crippen molar-refractivity contribution in [1.82, 2.24) is 15.5 Å². The molecule has 1 heterocycles. The summed E-state index contributed by atoms with van der Waals surface area (Å²) in [6, 6.07) is 0. The second-order valence-corrected chi connectivity index (χ2v) is 5.66. The van der Waals surface area contributed by atoms with Crippen molar-refractivity contribution in [3.05, 3.63) is 17.5 Å². The van der Waals surface area contributed by atoms with E-state index in [4.69, 9.17) is 0 Å². The van der Waals surface area contributed by atoms with E-state index in [0.29, 0.717) is 6.42 Å². The lowest BCUT2D eigenvalue weighted by molar-refractivity contribution is -0.121. The fourth-order valence-electron chi connectivity index (χ4n) is 2.86. The van der Waals surface area contributed by atoms with E-state index >= 15 is 0 Å². The van der Waals surface area contributed by atoms with Crippen molar-refractivity contribution in [1.29, 1.82) is 0 Å². The van der Waals surface area contributed by atoms with Crippen LogP contribution in [0.3, 0.4) is 0 Å². The van der Waals surface area contributed by atoms with Crippen molar-refractivity contribution >= 4 is 5.91 Å². The average Bonchev–Trinajstić information content (AvgIpc) is 3.04. The largest absolute Gasteiger partial charge is 0.356 e. The standard InChI is InChI=1S/C15H25N3O/c1-12-14(11-17-18-12)7-4-10-16-15(19)9-8-13-5-2-3-6-13/h11,13H,2-10H2,1H3,(H,16,19)(H,17,18). The lowest BCUT2D eigenvalue weighted by Crippen LogP contribution is -2.25. The quantitative estimate of drug-likeness (QED) is 0.743. The topological polar surface area (TPSA) is 57.8 Å². The first kappa shape index (κ1) is 14.1. The molecule has 1 aliphatic carbocycles. The average molecular weight is 263 g/mol. The molecule has 1 amide bonds. The van der Waals surface area contributed by atoms with Gasteiger partial charge in [0.1, 0.15) is 0 Å². The Labute approximate surface area is 115 Å². The highest BCUT2D eigenvalue weighted by Gasteiger charge is 2.15. The predicted octanol–water partition coefficient (Wildman–Crippen LogP) is 2.74. The number of aromatic nitrogens is 2. The molecule has 0 radical (unpaired) electrons. The number of aromatic amines is 1. The summed E-state index contributed by atoms with van der Waals surface area (Å²) in [6.45, 7) is 2.80. The van der Waals surface area contributed by atoms with Crippen molar-refractivity contribution in [2.24, 2.45) is 5.92 Å². The minimum atomic E-state index is 0.218. The summed E-state index contributed by atoms with van der Waals surface area (Å²) in [7, 11) is 0. The minimum absolute atomic E-state index is 0.218. The van der Waals surface area contributed by atoms with Gasteiger partial charge in [-0.1, -0.05) is 25.7 Å². The number of hydrogen-bond acceptors (Lipinski definition) is 2. The third-order valence-electron chi connectivity index (χ3n) is 4.13. The van der Waals surface area contributed by atoms with Crippen LogP contribution in [0.1, 0.15) is 56.2 Å². The number of hydrogen-bond donors (Lipinski definition) is 2. The zero-order valence-electron chi connectivity index (χ0n) is 11.9. The van der Waals surface area contributed by atoms with Gasteiger partial charge in [0.05, 0.1) is 6.20 Å². The zero-order chi connectivity index (χ0) is 13.5. The molecule has 1 fully saturated rings. The van der Waals surface area contributed by atoms with Crippen molar-refractivity contribution in [2.75, 3.05) is 6.54 Å². The van der Waals surface area contributed by atoms with E-state index < -0.39 is 0 Å². The molecule has 1 saturated carbocycles. The van der Waals surface area contributed by atoms with Gasteiger partial charge < -0.3 is 5.32 Å². The Balaban J connectivity index is 1.52. The normalized spacial score (nSPS) is 15.8. The van der Waals surface area contributed by atoms with Crippen LogP contribution >= 0.6 is 0 Å². The Morgan fingerprint density at radius 2 is 2.26 bits per heavy atom. The summed E-state index contributed by atoms with van der Waals surface area (Å²) >= 11 is 0. The summed E-state index contributed by atoms with van der Waals surface area (Å²) in [5.41, 5.74) is 2.38. The summed E-state index contributed by atoms with van der Waals surface area (Å²) in [5.74, 6) is 1.02. The van der Waals surface area contributed by atoms with E-state index in [1.807, 2.05) is 13.1 Å². The molecule has 4 nitrogen and oxygen atoms in total. The summed E-state index contributed by atoms with van der Waals surface area (Å²) < 4.78 is 0. The molecule has 4 heteroatoms. The number of H-pyrrole nitrogens is 1. The number of carbonyl (C=O) groups is 1. The molecule has 0 spiro atoms. The molecular formula is C15H25N3O. The van der Waals surface area contributed by atoms with Crippen LogP contribution in [0.15, 0.2) is 6.20 Å². The lowest BCUT2D eigenvalue weighted by atomic mass is 10.0. The second kappa shape index (κ2) is 7.31. The highest BCUT2D eigenvalue weighted by Crippen LogP contribution is 2.28. The highest BCUT2D eigenvalue weighted by atomic mass is 16.1. The van der Waals surface area contributed by atoms with Gasteiger partial charge in [-0.15, -0.1) is 0 Å². The number of nitrogens with one attached hydrogen (secondary N) is 2. The first-order chi connectivity index (χ1) is 9.25. The number of aryl methyl sites for hydroxylation is 2. The van der Waals surface area contributed by atoms with Crippen LogP contribution in [0.5, 0.6) is 0 Å². The van der Waals surface area contributed by atoms with Crippen molar-refractivity contribution in [2.45, 2.75) is 58.3 Å². The fraction of sp³-hybridized carbons (Fsp3) is 0.733. The maximum atomic E-state index is 11.7. The number of amides is 1. The molecule has 0 saturated heterocycles. The van der Waals surface area contributed by atoms with Crippen LogP contribution in [-0.2, 0) is 11.2 Å². The first-order valence-corrected chi connectivity index (χ1v) is 7.51. The second-order valence-electron chi connectivity index (χ2n) is 5.66. The molecule has 2 N–H and O–H groups in total. The molecule has 1 aromatic rings. The van der Waals surface area contributed by atoms with Gasteiger partial charge in [0.25, 0.3) is 0 Å². The maximum Gasteiger partial charge on any atom is 0.220 e. The smallest absolute Gasteiger partial charge is 0.220 e. The Kier molecular flexibility index (Phi) is 5.43. The monoisotopic (exact) mass is 263 g/mol. The zero-order valence-corrected chi connectivity index (χ0v) is 11.9. The van der Waals surface area contributed by atoms with Crippen molar-refractivity contribution in [3.8, 4) is 0 Å². The SMILES string of the molecule is Cc1[nH]ncc1CCCNC(=O)CCC1CCCC1. The molecule has 2 rings (SSSR count). The third kappa shape index (κ3) is 4.69. The maximum absolute atomic E-state index is 11.7. The molecule has 106 valence electrons. The van der Waals surface area contributed by atoms with E-state index in [2.05, 4.69) is 15.5 Å². The molecule has 19 heavy (non-hydrogen) atoms. The van der Waals surface area contributed by atoms with Gasteiger partial charge in [-0.05, 0) is 37.7 Å². The highest BCUT2D eigenvalue weighted by molar-refractivity contribution is 5.75.